The monoisotopic (exact) mass is 211 g/mol. The molecule has 0 amide bonds. The van der Waals surface area contributed by atoms with Gasteiger partial charge in [0.05, 0.1) is 6.20 Å². The van der Waals surface area contributed by atoms with Gasteiger partial charge >= 0.3 is 0 Å². The third-order valence-electron chi connectivity index (χ3n) is 1.54. The van der Waals surface area contributed by atoms with Crippen LogP contribution in [0.1, 0.15) is 12.7 Å². The molecule has 2 aromatic heterocycles. The summed E-state index contributed by atoms with van der Waals surface area (Å²) in [5.41, 5.74) is 5.61. The molecular formula is C7H9N5OS. The summed E-state index contributed by atoms with van der Waals surface area (Å²) in [6.07, 6.45) is 2.20. The molecule has 2 heterocycles. The molecule has 14 heavy (non-hydrogen) atoms. The molecule has 2 N–H and O–H groups in total. The van der Waals surface area contributed by atoms with Crippen LogP contribution >= 0.6 is 11.5 Å². The Bertz CT molecular complexity index is 396. The number of hydrogen-bond acceptors (Lipinski definition) is 7. The third kappa shape index (κ3) is 1.94. The van der Waals surface area contributed by atoms with Gasteiger partial charge < -0.3 is 10.3 Å². The van der Waals surface area contributed by atoms with Crippen LogP contribution in [0.25, 0.3) is 10.8 Å². The molecular weight excluding hydrogens is 202 g/mol. The first-order valence-electron chi connectivity index (χ1n) is 4.11. The van der Waals surface area contributed by atoms with Gasteiger partial charge in [-0.3, -0.25) is 0 Å². The molecule has 0 aliphatic carbocycles. The minimum absolute atomic E-state index is 0.0278. The van der Waals surface area contributed by atoms with Gasteiger partial charge in [-0.25, -0.2) is 0 Å². The molecule has 0 aliphatic heterocycles. The average molecular weight is 211 g/mol. The number of rotatable bonds is 3. The fourth-order valence-corrected chi connectivity index (χ4v) is 1.42. The van der Waals surface area contributed by atoms with Gasteiger partial charge in [0.2, 0.25) is 0 Å². The van der Waals surface area contributed by atoms with Crippen LogP contribution in [0, 0.1) is 0 Å². The van der Waals surface area contributed by atoms with Crippen LogP contribution in [0.5, 0.6) is 0 Å². The summed E-state index contributed by atoms with van der Waals surface area (Å²) in [4.78, 5) is 4.94. The number of nitrogens with zero attached hydrogens (tertiary/aromatic N) is 4. The molecule has 0 radical (unpaired) electrons. The first-order valence-corrected chi connectivity index (χ1v) is 4.89. The van der Waals surface area contributed by atoms with Gasteiger partial charge in [-0.15, -0.1) is 5.10 Å². The van der Waals surface area contributed by atoms with Crippen molar-refractivity contribution < 1.29 is 4.52 Å². The van der Waals surface area contributed by atoms with Gasteiger partial charge in [0.15, 0.2) is 5.82 Å². The van der Waals surface area contributed by atoms with Crippen molar-refractivity contribution in [1.29, 1.82) is 0 Å². The van der Waals surface area contributed by atoms with E-state index in [4.69, 9.17) is 10.3 Å². The molecule has 0 aliphatic rings. The van der Waals surface area contributed by atoms with E-state index in [1.807, 2.05) is 6.92 Å². The average Bonchev–Trinajstić information content (AvgIpc) is 2.69. The van der Waals surface area contributed by atoms with E-state index in [9.17, 15) is 0 Å². The van der Waals surface area contributed by atoms with E-state index in [1.54, 1.807) is 6.20 Å². The van der Waals surface area contributed by atoms with Crippen molar-refractivity contribution in [1.82, 2.24) is 19.7 Å². The predicted octanol–water partition coefficient (Wildman–Crippen LogP) is 0.478. The molecule has 0 bridgehead atoms. The van der Waals surface area contributed by atoms with E-state index in [1.165, 1.54) is 11.5 Å². The zero-order valence-electron chi connectivity index (χ0n) is 7.54. The number of nitrogens with two attached hydrogens (primary N) is 1. The molecule has 0 saturated heterocycles. The van der Waals surface area contributed by atoms with Crippen LogP contribution in [0.15, 0.2) is 10.7 Å². The van der Waals surface area contributed by atoms with Crippen LogP contribution in [-0.2, 0) is 6.42 Å². The fourth-order valence-electron chi connectivity index (χ4n) is 0.986. The maximum atomic E-state index is 5.61. The molecule has 0 aromatic carbocycles. The van der Waals surface area contributed by atoms with E-state index in [0.29, 0.717) is 18.1 Å². The predicted molar refractivity (Wildman–Crippen MR) is 50.6 cm³/mol. The van der Waals surface area contributed by atoms with Crippen LogP contribution in [0.3, 0.4) is 0 Å². The lowest BCUT2D eigenvalue weighted by molar-refractivity contribution is 0.421. The second kappa shape index (κ2) is 3.81. The highest BCUT2D eigenvalue weighted by Crippen LogP contribution is 2.19. The standard InChI is InChI=1S/C7H9N5OS/c1-4(8)2-6-10-7(13-11-6)5-3-9-12-14-5/h3-4H,2,8H2,1H3. The Balaban J connectivity index is 2.18. The van der Waals surface area contributed by atoms with Crippen molar-refractivity contribution in [2.24, 2.45) is 5.73 Å². The van der Waals surface area contributed by atoms with E-state index >= 15 is 0 Å². The van der Waals surface area contributed by atoms with E-state index in [-0.39, 0.29) is 6.04 Å². The topological polar surface area (TPSA) is 90.7 Å². The van der Waals surface area contributed by atoms with Crippen molar-refractivity contribution >= 4 is 11.5 Å². The summed E-state index contributed by atoms with van der Waals surface area (Å²) in [5, 5.41) is 7.48. The van der Waals surface area contributed by atoms with Crippen molar-refractivity contribution in [3.05, 3.63) is 12.0 Å². The molecule has 1 atom stereocenters. The van der Waals surface area contributed by atoms with Gasteiger partial charge in [0, 0.05) is 12.5 Å². The molecule has 1 unspecified atom stereocenters. The molecule has 0 saturated carbocycles. The van der Waals surface area contributed by atoms with Crippen molar-refractivity contribution in [2.45, 2.75) is 19.4 Å². The van der Waals surface area contributed by atoms with E-state index in [2.05, 4.69) is 19.7 Å². The van der Waals surface area contributed by atoms with Crippen LogP contribution in [0.2, 0.25) is 0 Å². The Labute approximate surface area is 84.3 Å². The third-order valence-corrected chi connectivity index (χ3v) is 2.20. The smallest absolute Gasteiger partial charge is 0.271 e. The molecule has 0 spiro atoms. The maximum absolute atomic E-state index is 5.61. The van der Waals surface area contributed by atoms with Crippen LogP contribution < -0.4 is 5.73 Å². The first-order chi connectivity index (χ1) is 6.75. The number of aromatic nitrogens is 4. The van der Waals surface area contributed by atoms with Crippen molar-refractivity contribution in [3.63, 3.8) is 0 Å². The molecule has 2 aromatic rings. The Kier molecular flexibility index (Phi) is 2.51. The zero-order chi connectivity index (χ0) is 9.97. The minimum Gasteiger partial charge on any atom is -0.333 e. The summed E-state index contributed by atoms with van der Waals surface area (Å²) in [6, 6.07) is 0.0278. The molecule has 7 heteroatoms. The Hall–Kier alpha value is -1.34. The molecule has 74 valence electrons. The fraction of sp³-hybridized carbons (Fsp3) is 0.429. The first kappa shape index (κ1) is 9.22. The second-order valence-electron chi connectivity index (χ2n) is 2.98. The maximum Gasteiger partial charge on any atom is 0.271 e. The molecule has 6 nitrogen and oxygen atoms in total. The van der Waals surface area contributed by atoms with Crippen LogP contribution in [0.4, 0.5) is 0 Å². The Morgan fingerprint density at radius 1 is 1.64 bits per heavy atom. The Morgan fingerprint density at radius 3 is 3.14 bits per heavy atom. The molecule has 2 rings (SSSR count). The highest BCUT2D eigenvalue weighted by molar-refractivity contribution is 7.09. The second-order valence-corrected chi connectivity index (χ2v) is 3.76. The minimum atomic E-state index is 0.0278. The van der Waals surface area contributed by atoms with Gasteiger partial charge in [-0.05, 0) is 18.5 Å². The Morgan fingerprint density at radius 2 is 2.50 bits per heavy atom. The van der Waals surface area contributed by atoms with Crippen molar-refractivity contribution in [2.75, 3.05) is 0 Å². The quantitative estimate of drug-likeness (QED) is 0.793. The largest absolute Gasteiger partial charge is 0.333 e. The number of hydrogen-bond donors (Lipinski definition) is 1. The lowest BCUT2D eigenvalue weighted by atomic mass is 10.2. The summed E-state index contributed by atoms with van der Waals surface area (Å²) >= 11 is 1.22. The van der Waals surface area contributed by atoms with Gasteiger partial charge in [-0.2, -0.15) is 4.98 Å². The van der Waals surface area contributed by atoms with Gasteiger partial charge in [0.25, 0.3) is 5.89 Å². The molecule has 0 fully saturated rings. The lowest BCUT2D eigenvalue weighted by Gasteiger charge is -1.96. The highest BCUT2D eigenvalue weighted by Gasteiger charge is 2.11. The summed E-state index contributed by atoms with van der Waals surface area (Å²) in [6.45, 7) is 1.89. The zero-order valence-corrected chi connectivity index (χ0v) is 8.36. The van der Waals surface area contributed by atoms with Gasteiger partial charge in [-0.1, -0.05) is 9.64 Å². The van der Waals surface area contributed by atoms with E-state index in [0.717, 1.165) is 4.88 Å². The SMILES string of the molecule is CC(N)Cc1noc(-c2cnns2)n1. The summed E-state index contributed by atoms with van der Waals surface area (Å²) < 4.78 is 8.73. The van der Waals surface area contributed by atoms with Crippen LogP contribution in [-0.4, -0.2) is 25.8 Å². The van der Waals surface area contributed by atoms with Crippen molar-refractivity contribution in [3.8, 4) is 10.8 Å². The summed E-state index contributed by atoms with van der Waals surface area (Å²) in [7, 11) is 0. The normalized spacial score (nSPS) is 13.0. The van der Waals surface area contributed by atoms with E-state index < -0.39 is 0 Å². The highest BCUT2D eigenvalue weighted by atomic mass is 32.1. The lowest BCUT2D eigenvalue weighted by Crippen LogP contribution is -2.18. The van der Waals surface area contributed by atoms with Gasteiger partial charge in [0.1, 0.15) is 4.88 Å². The summed E-state index contributed by atoms with van der Waals surface area (Å²) in [5.74, 6) is 1.07.